The lowest BCUT2D eigenvalue weighted by Crippen LogP contribution is -2.47. The van der Waals surface area contributed by atoms with Gasteiger partial charge in [-0.1, -0.05) is 23.7 Å². The number of hydrogen-bond donors (Lipinski definition) is 1. The summed E-state index contributed by atoms with van der Waals surface area (Å²) in [4.78, 5) is 14.5. The van der Waals surface area contributed by atoms with Crippen LogP contribution in [0, 0.1) is 0 Å². The van der Waals surface area contributed by atoms with Gasteiger partial charge in [-0.25, -0.2) is 8.42 Å². The molecule has 31 heavy (non-hydrogen) atoms. The summed E-state index contributed by atoms with van der Waals surface area (Å²) < 4.78 is 63.2. The number of hydrogen-bond acceptors (Lipinski definition) is 4. The molecule has 1 N–H and O–H groups in total. The third-order valence-corrected chi connectivity index (χ3v) is 6.60. The van der Waals surface area contributed by atoms with Gasteiger partial charge in [0.2, 0.25) is 10.0 Å². The number of carbonyl (C=O) groups excluding carboxylic acids is 1. The van der Waals surface area contributed by atoms with E-state index in [1.165, 1.54) is 10.6 Å². The Hall–Kier alpha value is -2.14. The van der Waals surface area contributed by atoms with Gasteiger partial charge in [-0.15, -0.1) is 0 Å². The number of carbonyl (C=O) groups is 1. The first kappa shape index (κ1) is 23.5. The molecule has 11 heteroatoms. The lowest BCUT2D eigenvalue weighted by Gasteiger charge is -2.33. The second-order valence-electron chi connectivity index (χ2n) is 7.28. The van der Waals surface area contributed by atoms with Crippen LogP contribution in [-0.4, -0.2) is 56.0 Å². The van der Waals surface area contributed by atoms with Crippen molar-refractivity contribution >= 4 is 33.2 Å². The van der Waals surface area contributed by atoms with Crippen molar-refractivity contribution in [3.05, 3.63) is 64.2 Å². The van der Waals surface area contributed by atoms with Gasteiger partial charge in [0.05, 0.1) is 22.5 Å². The van der Waals surface area contributed by atoms with E-state index in [4.69, 9.17) is 11.6 Å². The van der Waals surface area contributed by atoms with E-state index in [0.29, 0.717) is 32.7 Å². The summed E-state index contributed by atoms with van der Waals surface area (Å²) in [5.41, 5.74) is 0.188. The smallest absolute Gasteiger partial charge is 0.321 e. The highest BCUT2D eigenvalue weighted by atomic mass is 35.5. The number of benzene rings is 2. The number of amides is 1. The minimum Gasteiger partial charge on any atom is -0.321 e. The molecule has 0 aromatic heterocycles. The van der Waals surface area contributed by atoms with Crippen molar-refractivity contribution in [1.29, 1.82) is 0 Å². The standard InChI is InChI=1S/C20H21ClF3N3O3S/c1-31(29,30)27-10-8-26(9-11-27)13-14-2-4-15(5-3-14)19(28)25-18-12-16(20(22,23)24)6-7-17(18)21/h2-7,12H,8-11,13H2,1H3,(H,25,28). The molecule has 0 atom stereocenters. The molecule has 0 radical (unpaired) electrons. The van der Waals surface area contributed by atoms with Gasteiger partial charge in [0.15, 0.2) is 0 Å². The highest BCUT2D eigenvalue weighted by Gasteiger charge is 2.31. The number of rotatable bonds is 5. The van der Waals surface area contributed by atoms with E-state index < -0.39 is 27.7 Å². The van der Waals surface area contributed by atoms with Crippen molar-refractivity contribution < 1.29 is 26.4 Å². The molecule has 3 rings (SSSR count). The molecule has 1 aliphatic heterocycles. The molecule has 2 aromatic carbocycles. The van der Waals surface area contributed by atoms with Gasteiger partial charge in [-0.2, -0.15) is 17.5 Å². The summed E-state index contributed by atoms with van der Waals surface area (Å²) in [6, 6.07) is 9.41. The molecule has 0 spiro atoms. The zero-order valence-corrected chi connectivity index (χ0v) is 18.2. The molecule has 0 bridgehead atoms. The quantitative estimate of drug-likeness (QED) is 0.716. The topological polar surface area (TPSA) is 69.7 Å². The first-order valence-electron chi connectivity index (χ1n) is 9.38. The lowest BCUT2D eigenvalue weighted by molar-refractivity contribution is -0.137. The molecule has 1 fully saturated rings. The molecule has 1 amide bonds. The maximum absolute atomic E-state index is 12.9. The summed E-state index contributed by atoms with van der Waals surface area (Å²) >= 11 is 5.92. The minimum atomic E-state index is -4.54. The molecule has 0 unspecified atom stereocenters. The summed E-state index contributed by atoms with van der Waals surface area (Å²) in [7, 11) is -3.19. The minimum absolute atomic E-state index is 0.00575. The molecule has 6 nitrogen and oxygen atoms in total. The van der Waals surface area contributed by atoms with Gasteiger partial charge >= 0.3 is 6.18 Å². The summed E-state index contributed by atoms with van der Waals surface area (Å²) in [5, 5.41) is 2.42. The van der Waals surface area contributed by atoms with Crippen molar-refractivity contribution in [2.75, 3.05) is 37.8 Å². The molecule has 1 saturated heterocycles. The number of alkyl halides is 3. The van der Waals surface area contributed by atoms with E-state index in [1.807, 2.05) is 0 Å². The Kier molecular flexibility index (Phi) is 6.95. The highest BCUT2D eigenvalue weighted by Crippen LogP contribution is 2.34. The largest absolute Gasteiger partial charge is 0.416 e. The first-order chi connectivity index (χ1) is 14.4. The van der Waals surface area contributed by atoms with Gasteiger partial charge in [0.25, 0.3) is 5.91 Å². The van der Waals surface area contributed by atoms with Crippen molar-refractivity contribution in [3.8, 4) is 0 Å². The maximum atomic E-state index is 12.9. The van der Waals surface area contributed by atoms with Crippen LogP contribution in [0.15, 0.2) is 42.5 Å². The van der Waals surface area contributed by atoms with Crippen LogP contribution in [0.25, 0.3) is 0 Å². The lowest BCUT2D eigenvalue weighted by atomic mass is 10.1. The fourth-order valence-corrected chi connectivity index (χ4v) is 4.22. The molecule has 1 aliphatic rings. The van der Waals surface area contributed by atoms with Crippen LogP contribution in [0.2, 0.25) is 5.02 Å². The Morgan fingerprint density at radius 2 is 1.68 bits per heavy atom. The Labute approximate surface area is 183 Å². The van der Waals surface area contributed by atoms with Crippen LogP contribution in [-0.2, 0) is 22.7 Å². The molecule has 0 saturated carbocycles. The first-order valence-corrected chi connectivity index (χ1v) is 11.6. The number of sulfonamides is 1. The summed E-state index contributed by atoms with van der Waals surface area (Å²) in [5.74, 6) is -0.574. The van der Waals surface area contributed by atoms with Crippen molar-refractivity contribution in [2.45, 2.75) is 12.7 Å². The Bertz CT molecular complexity index is 1050. The van der Waals surface area contributed by atoms with Crippen LogP contribution in [0.1, 0.15) is 21.5 Å². The average Bonchev–Trinajstić information content (AvgIpc) is 2.69. The van der Waals surface area contributed by atoms with E-state index in [9.17, 15) is 26.4 Å². The van der Waals surface area contributed by atoms with Crippen molar-refractivity contribution in [3.63, 3.8) is 0 Å². The van der Waals surface area contributed by atoms with E-state index in [-0.39, 0.29) is 16.3 Å². The molecule has 0 aliphatic carbocycles. The van der Waals surface area contributed by atoms with Crippen LogP contribution in [0.4, 0.5) is 18.9 Å². The molecule has 2 aromatic rings. The van der Waals surface area contributed by atoms with Gasteiger partial charge in [0.1, 0.15) is 0 Å². The normalized spacial score (nSPS) is 16.3. The van der Waals surface area contributed by atoms with Gasteiger partial charge in [-0.3, -0.25) is 9.69 Å². The Morgan fingerprint density at radius 1 is 1.06 bits per heavy atom. The van der Waals surface area contributed by atoms with E-state index >= 15 is 0 Å². The van der Waals surface area contributed by atoms with Crippen molar-refractivity contribution in [2.24, 2.45) is 0 Å². The number of nitrogens with one attached hydrogen (secondary N) is 1. The van der Waals surface area contributed by atoms with Crippen LogP contribution >= 0.6 is 11.6 Å². The zero-order chi connectivity index (χ0) is 22.8. The highest BCUT2D eigenvalue weighted by molar-refractivity contribution is 7.88. The van der Waals surface area contributed by atoms with Crippen LogP contribution in [0.5, 0.6) is 0 Å². The van der Waals surface area contributed by atoms with Gasteiger partial charge in [-0.05, 0) is 35.9 Å². The molecule has 168 valence electrons. The number of halogens is 4. The zero-order valence-electron chi connectivity index (χ0n) is 16.6. The fourth-order valence-electron chi connectivity index (χ4n) is 3.23. The number of piperazine rings is 1. The van der Waals surface area contributed by atoms with E-state index in [0.717, 1.165) is 23.8 Å². The van der Waals surface area contributed by atoms with E-state index in [2.05, 4.69) is 10.2 Å². The Balaban J connectivity index is 1.61. The molecular formula is C20H21ClF3N3O3S. The SMILES string of the molecule is CS(=O)(=O)N1CCN(Cc2ccc(C(=O)Nc3cc(C(F)(F)F)ccc3Cl)cc2)CC1. The number of anilines is 1. The molecule has 1 heterocycles. The Morgan fingerprint density at radius 3 is 2.23 bits per heavy atom. The third kappa shape index (κ3) is 6.19. The second-order valence-corrected chi connectivity index (χ2v) is 9.67. The fraction of sp³-hybridized carbons (Fsp3) is 0.350. The van der Waals surface area contributed by atoms with Crippen molar-refractivity contribution in [1.82, 2.24) is 9.21 Å². The van der Waals surface area contributed by atoms with Gasteiger partial charge in [0, 0.05) is 38.3 Å². The average molecular weight is 476 g/mol. The van der Waals surface area contributed by atoms with E-state index in [1.54, 1.807) is 24.3 Å². The summed E-state index contributed by atoms with van der Waals surface area (Å²) in [6.07, 6.45) is -3.35. The monoisotopic (exact) mass is 475 g/mol. The van der Waals surface area contributed by atoms with Crippen LogP contribution < -0.4 is 5.32 Å². The van der Waals surface area contributed by atoms with Crippen LogP contribution in [0.3, 0.4) is 0 Å². The summed E-state index contributed by atoms with van der Waals surface area (Å²) in [6.45, 7) is 2.65. The maximum Gasteiger partial charge on any atom is 0.416 e. The predicted octanol–water partition coefficient (Wildman–Crippen LogP) is 3.69. The van der Waals surface area contributed by atoms with Gasteiger partial charge < -0.3 is 5.32 Å². The number of nitrogens with zero attached hydrogens (tertiary/aromatic N) is 2. The third-order valence-electron chi connectivity index (χ3n) is 4.96. The predicted molar refractivity (Wildman–Crippen MR) is 113 cm³/mol. The molecular weight excluding hydrogens is 455 g/mol. The second kappa shape index (κ2) is 9.15.